The Labute approximate surface area is 114 Å². The normalized spacial score (nSPS) is 15.2. The molecule has 1 aromatic heterocycles. The van der Waals surface area contributed by atoms with Crippen molar-refractivity contribution >= 4 is 11.3 Å². The van der Waals surface area contributed by atoms with Gasteiger partial charge in [-0.3, -0.25) is 0 Å². The lowest BCUT2D eigenvalue weighted by Gasteiger charge is -2.01. The number of hydrogen-bond donors (Lipinski definition) is 1. The van der Waals surface area contributed by atoms with Crippen LogP contribution in [0.25, 0.3) is 0 Å². The molecule has 0 saturated heterocycles. The second-order valence-corrected chi connectivity index (χ2v) is 6.00. The zero-order chi connectivity index (χ0) is 12.8. The summed E-state index contributed by atoms with van der Waals surface area (Å²) in [6.45, 7) is 6.85. The molecule has 3 nitrogen and oxygen atoms in total. The van der Waals surface area contributed by atoms with Crippen LogP contribution in [0.2, 0.25) is 0 Å². The van der Waals surface area contributed by atoms with Crippen molar-refractivity contribution in [3.8, 4) is 0 Å². The molecule has 4 heteroatoms. The molecule has 1 aliphatic rings. The second kappa shape index (κ2) is 7.22. The van der Waals surface area contributed by atoms with E-state index in [0.29, 0.717) is 0 Å². The minimum atomic E-state index is 0.772. The number of hydrogen-bond acceptors (Lipinski definition) is 4. The largest absolute Gasteiger partial charge is 0.381 e. The van der Waals surface area contributed by atoms with E-state index in [4.69, 9.17) is 9.72 Å². The molecule has 0 unspecified atom stereocenters. The second-order valence-electron chi connectivity index (χ2n) is 4.83. The van der Waals surface area contributed by atoms with E-state index >= 15 is 0 Å². The van der Waals surface area contributed by atoms with Crippen LogP contribution in [0.15, 0.2) is 0 Å². The Morgan fingerprint density at radius 3 is 2.83 bits per heavy atom. The highest BCUT2D eigenvalue weighted by Gasteiger charge is 2.21. The van der Waals surface area contributed by atoms with Crippen LogP contribution >= 0.6 is 11.3 Å². The van der Waals surface area contributed by atoms with Gasteiger partial charge in [0.15, 0.2) is 0 Å². The van der Waals surface area contributed by atoms with Gasteiger partial charge in [-0.1, -0.05) is 13.3 Å². The molecule has 0 bridgehead atoms. The fourth-order valence-electron chi connectivity index (χ4n) is 1.94. The molecule has 1 saturated carbocycles. The number of nitrogens with one attached hydrogen (secondary N) is 1. The van der Waals surface area contributed by atoms with Gasteiger partial charge in [-0.15, -0.1) is 11.3 Å². The Kier molecular flexibility index (Phi) is 5.60. The van der Waals surface area contributed by atoms with Crippen molar-refractivity contribution in [2.24, 2.45) is 0 Å². The summed E-state index contributed by atoms with van der Waals surface area (Å²) in [5.41, 5.74) is 1.31. The fourth-order valence-corrected chi connectivity index (χ4v) is 2.99. The molecular formula is C14H24N2OS. The molecule has 0 spiro atoms. The molecule has 2 rings (SSSR count). The first kappa shape index (κ1) is 14.0. The SMILES string of the molecule is CCCc1nc(CCOCC)sc1CNC1CC1. The topological polar surface area (TPSA) is 34.1 Å². The maximum atomic E-state index is 5.41. The molecule has 18 heavy (non-hydrogen) atoms. The number of aromatic nitrogens is 1. The van der Waals surface area contributed by atoms with E-state index in [-0.39, 0.29) is 0 Å². The van der Waals surface area contributed by atoms with E-state index in [1.54, 1.807) is 0 Å². The molecular weight excluding hydrogens is 244 g/mol. The molecule has 0 amide bonds. The molecule has 1 aliphatic carbocycles. The van der Waals surface area contributed by atoms with Crippen LogP contribution in [0.3, 0.4) is 0 Å². The molecule has 0 aliphatic heterocycles. The van der Waals surface area contributed by atoms with Gasteiger partial charge in [-0.05, 0) is 26.2 Å². The van der Waals surface area contributed by atoms with Gasteiger partial charge in [0, 0.05) is 30.5 Å². The third-order valence-electron chi connectivity index (χ3n) is 3.10. The van der Waals surface area contributed by atoms with Crippen LogP contribution in [0.4, 0.5) is 0 Å². The molecule has 1 N–H and O–H groups in total. The standard InChI is InChI=1S/C14H24N2OS/c1-3-5-12-13(10-15-11-6-7-11)18-14(16-12)8-9-17-4-2/h11,15H,3-10H2,1-2H3. The monoisotopic (exact) mass is 268 g/mol. The predicted octanol–water partition coefficient (Wildman–Crippen LogP) is 2.93. The first-order valence-electron chi connectivity index (χ1n) is 7.12. The Morgan fingerprint density at radius 2 is 2.17 bits per heavy atom. The summed E-state index contributed by atoms with van der Waals surface area (Å²) in [6.07, 6.45) is 5.93. The molecule has 0 radical (unpaired) electrons. The average molecular weight is 268 g/mol. The lowest BCUT2D eigenvalue weighted by atomic mass is 10.2. The van der Waals surface area contributed by atoms with Crippen molar-refractivity contribution in [3.63, 3.8) is 0 Å². The maximum absolute atomic E-state index is 5.41. The van der Waals surface area contributed by atoms with E-state index in [0.717, 1.165) is 38.6 Å². The summed E-state index contributed by atoms with van der Waals surface area (Å²) in [4.78, 5) is 6.21. The van der Waals surface area contributed by atoms with Gasteiger partial charge >= 0.3 is 0 Å². The summed E-state index contributed by atoms with van der Waals surface area (Å²) < 4.78 is 5.41. The minimum absolute atomic E-state index is 0.772. The highest BCUT2D eigenvalue weighted by Crippen LogP contribution is 2.24. The molecule has 1 fully saturated rings. The molecule has 102 valence electrons. The van der Waals surface area contributed by atoms with Gasteiger partial charge in [-0.25, -0.2) is 4.98 Å². The Bertz CT molecular complexity index is 361. The van der Waals surface area contributed by atoms with Crippen LogP contribution in [-0.2, 0) is 24.1 Å². The van der Waals surface area contributed by atoms with Crippen molar-refractivity contribution < 1.29 is 4.74 Å². The highest BCUT2D eigenvalue weighted by atomic mass is 32.1. The molecule has 1 heterocycles. The lowest BCUT2D eigenvalue weighted by molar-refractivity contribution is 0.151. The third kappa shape index (κ3) is 4.34. The van der Waals surface area contributed by atoms with Gasteiger partial charge in [0.1, 0.15) is 0 Å². The first-order valence-corrected chi connectivity index (χ1v) is 7.93. The van der Waals surface area contributed by atoms with Crippen molar-refractivity contribution in [3.05, 3.63) is 15.6 Å². The third-order valence-corrected chi connectivity index (χ3v) is 4.26. The fraction of sp³-hybridized carbons (Fsp3) is 0.786. The van der Waals surface area contributed by atoms with Gasteiger partial charge in [0.05, 0.1) is 17.3 Å². The molecule has 1 aromatic rings. The Morgan fingerprint density at radius 1 is 1.33 bits per heavy atom. The van der Waals surface area contributed by atoms with E-state index in [9.17, 15) is 0 Å². The maximum Gasteiger partial charge on any atom is 0.0954 e. The van der Waals surface area contributed by atoms with Crippen molar-refractivity contribution in [2.45, 2.75) is 58.5 Å². The zero-order valence-electron chi connectivity index (χ0n) is 11.5. The number of nitrogens with zero attached hydrogens (tertiary/aromatic N) is 1. The van der Waals surface area contributed by atoms with E-state index in [1.165, 1.54) is 34.8 Å². The van der Waals surface area contributed by atoms with Gasteiger partial charge in [0.2, 0.25) is 0 Å². The number of aryl methyl sites for hydroxylation is 1. The van der Waals surface area contributed by atoms with Crippen LogP contribution in [-0.4, -0.2) is 24.2 Å². The van der Waals surface area contributed by atoms with E-state index < -0.39 is 0 Å². The summed E-state index contributed by atoms with van der Waals surface area (Å²) >= 11 is 1.87. The number of thiazole rings is 1. The molecule has 0 atom stereocenters. The summed E-state index contributed by atoms with van der Waals surface area (Å²) in [7, 11) is 0. The Balaban J connectivity index is 1.90. The van der Waals surface area contributed by atoms with Gasteiger partial charge in [0.25, 0.3) is 0 Å². The van der Waals surface area contributed by atoms with Crippen molar-refractivity contribution in [1.29, 1.82) is 0 Å². The Hall–Kier alpha value is -0.450. The minimum Gasteiger partial charge on any atom is -0.381 e. The van der Waals surface area contributed by atoms with Gasteiger partial charge < -0.3 is 10.1 Å². The highest BCUT2D eigenvalue weighted by molar-refractivity contribution is 7.11. The lowest BCUT2D eigenvalue weighted by Crippen LogP contribution is -2.15. The number of rotatable bonds is 9. The smallest absolute Gasteiger partial charge is 0.0954 e. The van der Waals surface area contributed by atoms with Crippen LogP contribution in [0, 0.1) is 0 Å². The van der Waals surface area contributed by atoms with Crippen LogP contribution in [0.1, 0.15) is 48.7 Å². The average Bonchev–Trinajstić information content (AvgIpc) is 3.11. The summed E-state index contributed by atoms with van der Waals surface area (Å²) in [5.74, 6) is 0. The summed E-state index contributed by atoms with van der Waals surface area (Å²) in [5, 5.41) is 4.83. The van der Waals surface area contributed by atoms with E-state index in [2.05, 4.69) is 12.2 Å². The quantitative estimate of drug-likeness (QED) is 0.699. The zero-order valence-corrected chi connectivity index (χ0v) is 12.3. The van der Waals surface area contributed by atoms with Crippen molar-refractivity contribution in [1.82, 2.24) is 10.3 Å². The predicted molar refractivity (Wildman–Crippen MR) is 76.2 cm³/mol. The first-order chi connectivity index (χ1) is 8.83. The van der Waals surface area contributed by atoms with Crippen molar-refractivity contribution in [2.75, 3.05) is 13.2 Å². The van der Waals surface area contributed by atoms with Crippen LogP contribution < -0.4 is 5.32 Å². The van der Waals surface area contributed by atoms with Gasteiger partial charge in [-0.2, -0.15) is 0 Å². The van der Waals surface area contributed by atoms with Crippen LogP contribution in [0.5, 0.6) is 0 Å². The van der Waals surface area contributed by atoms with E-state index in [1.807, 2.05) is 18.3 Å². The molecule has 0 aromatic carbocycles. The summed E-state index contributed by atoms with van der Waals surface area (Å²) in [6, 6.07) is 0.772. The number of ether oxygens (including phenoxy) is 1.